The Morgan fingerprint density at radius 3 is 2.65 bits per heavy atom. The Labute approximate surface area is 187 Å². The van der Waals surface area contributed by atoms with Crippen LogP contribution in [0.3, 0.4) is 0 Å². The molecule has 0 saturated heterocycles. The quantitative estimate of drug-likeness (QED) is 0.506. The second kappa shape index (κ2) is 9.60. The zero-order valence-electron chi connectivity index (χ0n) is 18.0. The Morgan fingerprint density at radius 1 is 1.10 bits per heavy atom. The van der Waals surface area contributed by atoms with Gasteiger partial charge in [-0.2, -0.15) is 0 Å². The first kappa shape index (κ1) is 21.5. The summed E-state index contributed by atoms with van der Waals surface area (Å²) in [6.07, 6.45) is 3.80. The molecule has 1 saturated carbocycles. The average molecular weight is 437 g/mol. The van der Waals surface area contributed by atoms with Crippen molar-refractivity contribution in [1.29, 1.82) is 0 Å². The number of aromatic nitrogens is 1. The number of thiazole rings is 1. The summed E-state index contributed by atoms with van der Waals surface area (Å²) in [5.41, 5.74) is 3.21. The van der Waals surface area contributed by atoms with E-state index in [1.165, 1.54) is 0 Å². The van der Waals surface area contributed by atoms with E-state index in [-0.39, 0.29) is 30.3 Å². The van der Waals surface area contributed by atoms with Gasteiger partial charge >= 0.3 is 5.97 Å². The number of aryl methyl sites for hydroxylation is 1. The predicted octanol–water partition coefficient (Wildman–Crippen LogP) is 5.08. The van der Waals surface area contributed by atoms with E-state index in [9.17, 15) is 9.59 Å². The van der Waals surface area contributed by atoms with E-state index < -0.39 is 0 Å². The molecule has 1 aromatic heterocycles. The van der Waals surface area contributed by atoms with Gasteiger partial charge in [-0.3, -0.25) is 9.59 Å². The van der Waals surface area contributed by atoms with E-state index in [1.807, 2.05) is 49.4 Å². The maximum Gasteiger partial charge on any atom is 0.310 e. The topological polar surface area (TPSA) is 59.5 Å². The third kappa shape index (κ3) is 4.96. The second-order valence-electron chi connectivity index (χ2n) is 8.30. The third-order valence-corrected chi connectivity index (χ3v) is 7.30. The van der Waals surface area contributed by atoms with Gasteiger partial charge in [-0.1, -0.05) is 49.2 Å². The van der Waals surface area contributed by atoms with Crippen LogP contribution in [0.2, 0.25) is 0 Å². The zero-order valence-corrected chi connectivity index (χ0v) is 18.9. The molecule has 0 bridgehead atoms. The Hall–Kier alpha value is -2.73. The second-order valence-corrected chi connectivity index (χ2v) is 9.36. The molecule has 0 radical (unpaired) electrons. The summed E-state index contributed by atoms with van der Waals surface area (Å²) in [4.78, 5) is 31.9. The Bertz CT molecular complexity index is 1040. The number of fused-ring (bicyclic) bond motifs is 1. The van der Waals surface area contributed by atoms with Crippen LogP contribution in [-0.4, -0.2) is 35.4 Å². The van der Waals surface area contributed by atoms with Gasteiger partial charge in [-0.25, -0.2) is 4.98 Å². The van der Waals surface area contributed by atoms with Crippen LogP contribution in [0.1, 0.15) is 47.7 Å². The summed E-state index contributed by atoms with van der Waals surface area (Å²) < 4.78 is 6.65. The summed E-state index contributed by atoms with van der Waals surface area (Å²) in [7, 11) is 1.74. The molecule has 1 aliphatic rings. The van der Waals surface area contributed by atoms with Gasteiger partial charge < -0.3 is 9.64 Å². The van der Waals surface area contributed by atoms with E-state index >= 15 is 0 Å². The number of para-hydroxylation sites is 1. The lowest BCUT2D eigenvalue weighted by Gasteiger charge is -2.28. The van der Waals surface area contributed by atoms with Crippen molar-refractivity contribution in [1.82, 2.24) is 9.88 Å². The van der Waals surface area contributed by atoms with Gasteiger partial charge in [0.25, 0.3) is 5.91 Å². The van der Waals surface area contributed by atoms with Crippen LogP contribution in [0.25, 0.3) is 10.2 Å². The van der Waals surface area contributed by atoms with Gasteiger partial charge in [0.1, 0.15) is 0 Å². The van der Waals surface area contributed by atoms with Crippen molar-refractivity contribution < 1.29 is 14.3 Å². The highest BCUT2D eigenvalue weighted by Crippen LogP contribution is 2.41. The lowest BCUT2D eigenvalue weighted by molar-refractivity contribution is -0.156. The number of benzene rings is 2. The van der Waals surface area contributed by atoms with Crippen LogP contribution in [0.4, 0.5) is 0 Å². The highest BCUT2D eigenvalue weighted by molar-refractivity contribution is 7.18. The lowest BCUT2D eigenvalue weighted by atomic mass is 9.79. The highest BCUT2D eigenvalue weighted by atomic mass is 32.1. The van der Waals surface area contributed by atoms with Crippen LogP contribution in [0, 0.1) is 12.8 Å². The van der Waals surface area contributed by atoms with Crippen molar-refractivity contribution >= 4 is 33.4 Å². The van der Waals surface area contributed by atoms with Gasteiger partial charge in [-0.15, -0.1) is 11.3 Å². The number of hydrogen-bond donors (Lipinski definition) is 0. The zero-order chi connectivity index (χ0) is 21.8. The number of carbonyl (C=O) groups excluding carboxylic acids is 2. The first-order valence-electron chi connectivity index (χ1n) is 10.8. The Kier molecular flexibility index (Phi) is 6.66. The standard InChI is InChI=1S/C25H28N2O3S/c1-17-9-3-4-10-18(17)15-27(2)23(28)16-30-25(29)20-12-6-5-11-19(20)24-26-21-13-7-8-14-22(21)31-24/h3-4,7-10,13-14,19-20H,5-6,11-12,15-16H2,1-2H3. The van der Waals surface area contributed by atoms with Gasteiger partial charge in [0.2, 0.25) is 0 Å². The summed E-state index contributed by atoms with van der Waals surface area (Å²) in [5.74, 6) is -0.632. The first-order valence-corrected chi connectivity index (χ1v) is 11.6. The molecule has 0 spiro atoms. The molecular formula is C25H28N2O3S. The number of hydrogen-bond acceptors (Lipinski definition) is 5. The predicted molar refractivity (Wildman–Crippen MR) is 123 cm³/mol. The van der Waals surface area contributed by atoms with Crippen molar-refractivity contribution in [2.45, 2.75) is 45.1 Å². The fraction of sp³-hybridized carbons (Fsp3) is 0.400. The molecule has 2 unspecified atom stereocenters. The molecule has 5 nitrogen and oxygen atoms in total. The van der Waals surface area contributed by atoms with Crippen molar-refractivity contribution in [2.75, 3.05) is 13.7 Å². The number of carbonyl (C=O) groups is 2. The average Bonchev–Trinajstić information content (AvgIpc) is 3.23. The molecule has 4 rings (SSSR count). The number of likely N-dealkylation sites (N-methyl/N-ethyl adjacent to an activating group) is 1. The lowest BCUT2D eigenvalue weighted by Crippen LogP contribution is -2.34. The van der Waals surface area contributed by atoms with Crippen LogP contribution < -0.4 is 0 Å². The summed E-state index contributed by atoms with van der Waals surface area (Å²) in [5, 5.41) is 1.01. The van der Waals surface area contributed by atoms with Crippen molar-refractivity contribution in [2.24, 2.45) is 5.92 Å². The molecule has 1 heterocycles. The fourth-order valence-corrected chi connectivity index (χ4v) is 5.41. The smallest absolute Gasteiger partial charge is 0.310 e. The van der Waals surface area contributed by atoms with Crippen LogP contribution in [-0.2, 0) is 20.9 Å². The number of ether oxygens (including phenoxy) is 1. The largest absolute Gasteiger partial charge is 0.455 e. The van der Waals surface area contributed by atoms with Crippen LogP contribution in [0.5, 0.6) is 0 Å². The van der Waals surface area contributed by atoms with Crippen molar-refractivity contribution in [3.63, 3.8) is 0 Å². The number of rotatable bonds is 6. The van der Waals surface area contributed by atoms with Crippen molar-refractivity contribution in [3.8, 4) is 0 Å². The molecular weight excluding hydrogens is 408 g/mol. The van der Waals surface area contributed by atoms with Gasteiger partial charge in [0.05, 0.1) is 21.1 Å². The highest BCUT2D eigenvalue weighted by Gasteiger charge is 2.35. The Morgan fingerprint density at radius 2 is 1.84 bits per heavy atom. The SMILES string of the molecule is Cc1ccccc1CN(C)C(=O)COC(=O)C1CCCCC1c1nc2ccccc2s1. The molecule has 162 valence electrons. The molecule has 6 heteroatoms. The number of esters is 1. The molecule has 0 N–H and O–H groups in total. The summed E-state index contributed by atoms with van der Waals surface area (Å²) >= 11 is 1.66. The molecule has 0 aliphatic heterocycles. The van der Waals surface area contributed by atoms with Gasteiger partial charge in [0.15, 0.2) is 6.61 Å². The number of nitrogens with zero attached hydrogens (tertiary/aromatic N) is 2. The molecule has 1 amide bonds. The monoisotopic (exact) mass is 436 g/mol. The van der Waals surface area contributed by atoms with E-state index in [0.717, 1.165) is 52.0 Å². The van der Waals surface area contributed by atoms with Gasteiger partial charge in [0, 0.05) is 19.5 Å². The Balaban J connectivity index is 1.38. The summed E-state index contributed by atoms with van der Waals surface area (Å²) in [6.45, 7) is 2.31. The maximum atomic E-state index is 12.9. The van der Waals surface area contributed by atoms with Crippen LogP contribution in [0.15, 0.2) is 48.5 Å². The molecule has 31 heavy (non-hydrogen) atoms. The molecule has 1 aliphatic carbocycles. The van der Waals surface area contributed by atoms with Gasteiger partial charge in [-0.05, 0) is 43.0 Å². The number of amides is 1. The molecule has 1 fully saturated rings. The fourth-order valence-electron chi connectivity index (χ4n) is 4.24. The van der Waals surface area contributed by atoms with Crippen LogP contribution >= 0.6 is 11.3 Å². The van der Waals surface area contributed by atoms with E-state index in [4.69, 9.17) is 9.72 Å². The van der Waals surface area contributed by atoms with E-state index in [0.29, 0.717) is 6.54 Å². The summed E-state index contributed by atoms with van der Waals surface area (Å²) in [6, 6.07) is 16.0. The molecule has 2 atom stereocenters. The normalized spacial score (nSPS) is 18.6. The minimum absolute atomic E-state index is 0.0680. The van der Waals surface area contributed by atoms with Crippen molar-refractivity contribution in [3.05, 3.63) is 64.7 Å². The first-order chi connectivity index (χ1) is 15.0. The minimum atomic E-state index is -0.276. The maximum absolute atomic E-state index is 12.9. The minimum Gasteiger partial charge on any atom is -0.455 e. The van der Waals surface area contributed by atoms with E-state index in [1.54, 1.807) is 23.3 Å². The molecule has 2 aromatic carbocycles. The third-order valence-electron chi connectivity index (χ3n) is 6.13. The van der Waals surface area contributed by atoms with E-state index in [2.05, 4.69) is 6.07 Å². The molecule has 3 aromatic rings.